The first-order valence-electron chi connectivity index (χ1n) is 15.2. The number of nitrogens with zero attached hydrogens (tertiary/aromatic N) is 1. The summed E-state index contributed by atoms with van der Waals surface area (Å²) in [6.45, 7) is -0.0201. The zero-order chi connectivity index (χ0) is 34.1. The van der Waals surface area contributed by atoms with Crippen LogP contribution in [0.25, 0.3) is 15.8 Å². The predicted molar refractivity (Wildman–Crippen MR) is 170 cm³/mol. The van der Waals surface area contributed by atoms with Gasteiger partial charge in [0.1, 0.15) is 4.70 Å². The van der Waals surface area contributed by atoms with Gasteiger partial charge < -0.3 is 25.2 Å². The molecule has 0 fully saturated rings. The van der Waals surface area contributed by atoms with Crippen molar-refractivity contribution in [3.63, 3.8) is 0 Å². The Bertz CT molecular complexity index is 1890. The fourth-order valence-corrected chi connectivity index (χ4v) is 6.50. The van der Waals surface area contributed by atoms with Gasteiger partial charge in [0.05, 0.1) is 17.9 Å². The molecule has 4 aromatic rings. The van der Waals surface area contributed by atoms with Gasteiger partial charge in [-0.2, -0.15) is 17.6 Å². The summed E-state index contributed by atoms with van der Waals surface area (Å²) in [5.41, 5.74) is 4.19. The minimum absolute atomic E-state index is 0.00291. The molecule has 250 valence electrons. The van der Waals surface area contributed by atoms with Gasteiger partial charge in [0, 0.05) is 12.1 Å². The van der Waals surface area contributed by atoms with Crippen LogP contribution in [0.1, 0.15) is 65.1 Å². The number of amides is 2. The number of carbonyl (C=O) groups excluding carboxylic acids is 2. The molecule has 2 aliphatic rings. The van der Waals surface area contributed by atoms with E-state index < -0.39 is 47.4 Å². The van der Waals surface area contributed by atoms with Crippen molar-refractivity contribution in [3.8, 4) is 11.5 Å². The van der Waals surface area contributed by atoms with Crippen LogP contribution in [-0.2, 0) is 16.0 Å². The lowest BCUT2D eigenvalue weighted by Gasteiger charge is -2.31. The third kappa shape index (κ3) is 6.98. The Morgan fingerprint density at radius 2 is 1.67 bits per heavy atom. The van der Waals surface area contributed by atoms with Crippen molar-refractivity contribution in [1.82, 2.24) is 10.3 Å². The molecule has 6 rings (SSSR count). The first kappa shape index (κ1) is 32.9. The van der Waals surface area contributed by atoms with E-state index in [-0.39, 0.29) is 34.7 Å². The number of aliphatic carboxylic acids is 1. The molecule has 1 atom stereocenters. The molecule has 2 amide bonds. The third-order valence-electron chi connectivity index (χ3n) is 8.08. The summed E-state index contributed by atoms with van der Waals surface area (Å²) in [6.07, 6.45) is -3.32. The number of anilines is 1. The standard InChI is InChI=1S/C34H29F4N3O6S/c35-33(36)34(37,38)47-28-26(46-33)15-14-25-29(28)48-32(40-25)41-31(45)24(22-12-10-21(11-13-22)20-4-2-1-3-5-20)18-19-6-8-23(9-7-19)30(44)39-17-16-27(42)43/h4,6-15,24H,1-3,5,16-18H2,(H,39,44)(H,42,43)(H,40,41,45). The van der Waals surface area contributed by atoms with Crippen molar-refractivity contribution in [2.45, 2.75) is 56.7 Å². The largest absolute Gasteiger partial charge is 0.507 e. The van der Waals surface area contributed by atoms with Crippen LogP contribution in [0.2, 0.25) is 0 Å². The topological polar surface area (TPSA) is 127 Å². The van der Waals surface area contributed by atoms with E-state index in [1.54, 1.807) is 24.3 Å². The summed E-state index contributed by atoms with van der Waals surface area (Å²) in [5, 5.41) is 14.1. The summed E-state index contributed by atoms with van der Waals surface area (Å²) in [7, 11) is 0. The van der Waals surface area contributed by atoms with Crippen molar-refractivity contribution in [3.05, 3.63) is 89.0 Å². The molecule has 48 heavy (non-hydrogen) atoms. The molecule has 1 aliphatic heterocycles. The summed E-state index contributed by atoms with van der Waals surface area (Å²) < 4.78 is 64.0. The van der Waals surface area contributed by atoms with E-state index in [9.17, 15) is 31.9 Å². The molecule has 14 heteroatoms. The zero-order valence-electron chi connectivity index (χ0n) is 25.2. The molecule has 0 saturated carbocycles. The number of aromatic nitrogens is 1. The summed E-state index contributed by atoms with van der Waals surface area (Å²) in [4.78, 5) is 41.3. The molecular formula is C34H29F4N3O6S. The van der Waals surface area contributed by atoms with Gasteiger partial charge in [0.15, 0.2) is 16.6 Å². The second-order valence-corrected chi connectivity index (χ2v) is 12.4. The average molecular weight is 684 g/mol. The first-order valence-corrected chi connectivity index (χ1v) is 16.0. The van der Waals surface area contributed by atoms with Crippen molar-refractivity contribution < 1.29 is 46.5 Å². The minimum atomic E-state index is -4.92. The van der Waals surface area contributed by atoms with Crippen LogP contribution < -0.4 is 20.1 Å². The third-order valence-corrected chi connectivity index (χ3v) is 9.07. The number of carbonyl (C=O) groups is 3. The number of benzene rings is 3. The van der Waals surface area contributed by atoms with Crippen LogP contribution in [0.15, 0.2) is 66.7 Å². The SMILES string of the molecule is O=C(O)CCNC(=O)c1ccc(CC(C(=O)Nc2nc3ccc4c(c3s2)OC(F)(F)C(F)(F)O4)c2ccc(C3=CCCCC3)cc2)cc1. The molecule has 1 aromatic heterocycles. The number of alkyl halides is 4. The number of fused-ring (bicyclic) bond motifs is 3. The van der Waals surface area contributed by atoms with Crippen LogP contribution in [0.5, 0.6) is 11.5 Å². The number of carboxylic acid groups (broad SMARTS) is 1. The summed E-state index contributed by atoms with van der Waals surface area (Å²) in [6, 6.07) is 16.6. The molecule has 3 aromatic carbocycles. The highest BCUT2D eigenvalue weighted by atomic mass is 32.1. The van der Waals surface area contributed by atoms with Crippen molar-refractivity contribution >= 4 is 50.0 Å². The summed E-state index contributed by atoms with van der Waals surface area (Å²) >= 11 is 0.780. The predicted octanol–water partition coefficient (Wildman–Crippen LogP) is 7.38. The van der Waals surface area contributed by atoms with E-state index in [0.29, 0.717) is 11.1 Å². The van der Waals surface area contributed by atoms with E-state index in [4.69, 9.17) is 5.11 Å². The lowest BCUT2D eigenvalue weighted by molar-refractivity contribution is -0.391. The second kappa shape index (κ2) is 13.3. The summed E-state index contributed by atoms with van der Waals surface area (Å²) in [5.74, 6) is -3.85. The Labute approximate surface area is 275 Å². The highest BCUT2D eigenvalue weighted by Gasteiger charge is 2.66. The van der Waals surface area contributed by atoms with Crippen LogP contribution >= 0.6 is 11.3 Å². The molecule has 2 heterocycles. The monoisotopic (exact) mass is 683 g/mol. The van der Waals surface area contributed by atoms with Crippen molar-refractivity contribution in [2.75, 3.05) is 11.9 Å². The maximum atomic E-state index is 14.0. The van der Waals surface area contributed by atoms with E-state index in [1.807, 2.05) is 24.3 Å². The molecule has 1 aliphatic carbocycles. The Hall–Kier alpha value is -4.98. The van der Waals surface area contributed by atoms with Gasteiger partial charge in [-0.15, -0.1) is 0 Å². The number of thiazole rings is 1. The Morgan fingerprint density at radius 1 is 0.938 bits per heavy atom. The number of hydrogen-bond acceptors (Lipinski definition) is 7. The van der Waals surface area contributed by atoms with E-state index >= 15 is 0 Å². The van der Waals surface area contributed by atoms with Gasteiger partial charge in [-0.1, -0.05) is 53.8 Å². The number of rotatable bonds is 10. The number of hydrogen-bond donors (Lipinski definition) is 3. The van der Waals surface area contributed by atoms with Gasteiger partial charge in [0.25, 0.3) is 5.91 Å². The Balaban J connectivity index is 1.25. The number of nitrogens with one attached hydrogen (secondary N) is 2. The molecule has 9 nitrogen and oxygen atoms in total. The second-order valence-electron chi connectivity index (χ2n) is 11.4. The molecule has 0 spiro atoms. The molecular weight excluding hydrogens is 654 g/mol. The number of allylic oxidation sites excluding steroid dienone is 2. The lowest BCUT2D eigenvalue weighted by Crippen LogP contribution is -2.52. The molecule has 3 N–H and O–H groups in total. The smallest absolute Gasteiger partial charge is 0.481 e. The quantitative estimate of drug-likeness (QED) is 0.149. The molecule has 0 bridgehead atoms. The van der Waals surface area contributed by atoms with Crippen molar-refractivity contribution in [1.29, 1.82) is 0 Å². The van der Waals surface area contributed by atoms with Crippen LogP contribution in [-0.4, -0.2) is 46.6 Å². The van der Waals surface area contributed by atoms with E-state index in [1.165, 1.54) is 11.6 Å². The highest BCUT2D eigenvalue weighted by Crippen LogP contribution is 2.51. The normalized spacial score (nSPS) is 16.9. The number of carboxylic acids is 1. The van der Waals surface area contributed by atoms with Crippen LogP contribution in [0.4, 0.5) is 22.7 Å². The van der Waals surface area contributed by atoms with Gasteiger partial charge in [0.2, 0.25) is 5.91 Å². The van der Waals surface area contributed by atoms with Gasteiger partial charge in [-0.3, -0.25) is 14.4 Å². The lowest BCUT2D eigenvalue weighted by atomic mass is 9.88. The van der Waals surface area contributed by atoms with Crippen LogP contribution in [0, 0.1) is 0 Å². The molecule has 1 unspecified atom stereocenters. The Morgan fingerprint density at radius 3 is 2.35 bits per heavy atom. The zero-order valence-corrected chi connectivity index (χ0v) is 26.1. The maximum Gasteiger partial charge on any atom is 0.507 e. The molecule has 0 radical (unpaired) electrons. The highest BCUT2D eigenvalue weighted by molar-refractivity contribution is 7.22. The number of halogens is 4. The number of ether oxygens (including phenoxy) is 2. The van der Waals surface area contributed by atoms with Gasteiger partial charge in [-0.05, 0) is 78.6 Å². The fraction of sp³-hybridized carbons (Fsp3) is 0.294. The van der Waals surface area contributed by atoms with Crippen LogP contribution in [0.3, 0.4) is 0 Å². The van der Waals surface area contributed by atoms with Crippen molar-refractivity contribution in [2.24, 2.45) is 0 Å². The van der Waals surface area contributed by atoms with E-state index in [2.05, 4.69) is 31.2 Å². The minimum Gasteiger partial charge on any atom is -0.481 e. The first-order chi connectivity index (χ1) is 22.9. The molecule has 0 saturated heterocycles. The maximum absolute atomic E-state index is 14.0. The average Bonchev–Trinajstić information content (AvgIpc) is 3.47. The van der Waals surface area contributed by atoms with Gasteiger partial charge >= 0.3 is 18.2 Å². The van der Waals surface area contributed by atoms with E-state index in [0.717, 1.165) is 54.2 Å². The van der Waals surface area contributed by atoms with Gasteiger partial charge in [-0.25, -0.2) is 4.98 Å². The Kier molecular flexibility index (Phi) is 9.10. The fourth-order valence-electron chi connectivity index (χ4n) is 5.56.